The molecule has 2 aromatic rings. The maximum Gasteiger partial charge on any atom is 0.0945 e. The first kappa shape index (κ1) is 12.5. The molecule has 2 aliphatic rings. The molecule has 2 heterocycles. The average molecular weight is 277 g/mol. The van der Waals surface area contributed by atoms with Crippen molar-refractivity contribution in [2.24, 2.45) is 0 Å². The van der Waals surface area contributed by atoms with Crippen molar-refractivity contribution in [3.63, 3.8) is 0 Å². The SMILES string of the molecule is C1=CN(C2CNC2)CN1c1ccc(-c2ccccc2)cc1. The van der Waals surface area contributed by atoms with Gasteiger partial charge in [0.15, 0.2) is 0 Å². The Morgan fingerprint density at radius 1 is 0.810 bits per heavy atom. The fourth-order valence-corrected chi connectivity index (χ4v) is 2.83. The minimum absolute atomic E-state index is 0.662. The number of hydrogen-bond acceptors (Lipinski definition) is 3. The highest BCUT2D eigenvalue weighted by Gasteiger charge is 2.26. The van der Waals surface area contributed by atoms with E-state index in [-0.39, 0.29) is 0 Å². The molecule has 0 atom stereocenters. The minimum atomic E-state index is 0.662. The maximum atomic E-state index is 3.32. The highest BCUT2D eigenvalue weighted by molar-refractivity contribution is 5.66. The maximum absolute atomic E-state index is 3.32. The summed E-state index contributed by atoms with van der Waals surface area (Å²) >= 11 is 0. The Labute approximate surface area is 125 Å². The number of rotatable bonds is 3. The van der Waals surface area contributed by atoms with Crippen molar-refractivity contribution in [1.82, 2.24) is 10.2 Å². The van der Waals surface area contributed by atoms with Crippen LogP contribution in [0.25, 0.3) is 11.1 Å². The average Bonchev–Trinajstić information content (AvgIpc) is 2.96. The van der Waals surface area contributed by atoms with Crippen LogP contribution in [-0.2, 0) is 0 Å². The predicted octanol–water partition coefficient (Wildman–Crippen LogP) is 2.88. The van der Waals surface area contributed by atoms with Crippen LogP contribution in [-0.4, -0.2) is 30.7 Å². The third-order valence-corrected chi connectivity index (χ3v) is 4.29. The summed E-state index contributed by atoms with van der Waals surface area (Å²) in [6.45, 7) is 3.16. The molecule has 0 spiro atoms. The van der Waals surface area contributed by atoms with Crippen LogP contribution in [0.3, 0.4) is 0 Å². The molecular weight excluding hydrogens is 258 g/mol. The van der Waals surface area contributed by atoms with Crippen LogP contribution in [0.5, 0.6) is 0 Å². The second-order valence-corrected chi connectivity index (χ2v) is 5.65. The zero-order chi connectivity index (χ0) is 14.1. The van der Waals surface area contributed by atoms with E-state index in [9.17, 15) is 0 Å². The van der Waals surface area contributed by atoms with E-state index < -0.39 is 0 Å². The molecule has 0 radical (unpaired) electrons. The van der Waals surface area contributed by atoms with Gasteiger partial charge < -0.3 is 15.1 Å². The van der Waals surface area contributed by atoms with Gasteiger partial charge in [0.25, 0.3) is 0 Å². The third kappa shape index (κ3) is 2.41. The van der Waals surface area contributed by atoms with Crippen LogP contribution < -0.4 is 10.2 Å². The topological polar surface area (TPSA) is 18.5 Å². The van der Waals surface area contributed by atoms with Crippen LogP contribution in [0.15, 0.2) is 67.0 Å². The summed E-state index contributed by atoms with van der Waals surface area (Å²) < 4.78 is 0. The number of hydrogen-bond donors (Lipinski definition) is 1. The Balaban J connectivity index is 1.48. The van der Waals surface area contributed by atoms with Gasteiger partial charge in [-0.3, -0.25) is 0 Å². The summed E-state index contributed by atoms with van der Waals surface area (Å²) in [4.78, 5) is 4.70. The summed E-state index contributed by atoms with van der Waals surface area (Å²) in [5, 5.41) is 3.32. The van der Waals surface area contributed by atoms with E-state index in [1.165, 1.54) is 16.8 Å². The molecule has 2 aliphatic heterocycles. The lowest BCUT2D eigenvalue weighted by molar-refractivity contribution is 0.220. The first-order valence-corrected chi connectivity index (χ1v) is 7.47. The highest BCUT2D eigenvalue weighted by atomic mass is 15.4. The Morgan fingerprint density at radius 3 is 2.19 bits per heavy atom. The van der Waals surface area contributed by atoms with Gasteiger partial charge in [0.05, 0.1) is 12.7 Å². The molecule has 1 fully saturated rings. The van der Waals surface area contributed by atoms with Gasteiger partial charge in [-0.2, -0.15) is 0 Å². The Hall–Kier alpha value is -2.26. The van der Waals surface area contributed by atoms with Crippen molar-refractivity contribution in [3.8, 4) is 11.1 Å². The van der Waals surface area contributed by atoms with Crippen LogP contribution in [0, 0.1) is 0 Å². The van der Waals surface area contributed by atoms with Gasteiger partial charge in [-0.05, 0) is 23.3 Å². The van der Waals surface area contributed by atoms with Crippen LogP contribution >= 0.6 is 0 Å². The lowest BCUT2D eigenvalue weighted by Crippen LogP contribution is -2.55. The largest absolute Gasteiger partial charge is 0.353 e. The molecule has 0 bridgehead atoms. The lowest BCUT2D eigenvalue weighted by Gasteiger charge is -2.36. The van der Waals surface area contributed by atoms with Gasteiger partial charge in [0.2, 0.25) is 0 Å². The molecule has 106 valence electrons. The Morgan fingerprint density at radius 2 is 1.52 bits per heavy atom. The molecule has 2 aromatic carbocycles. The molecule has 3 nitrogen and oxygen atoms in total. The molecular formula is C18H19N3. The Kier molecular flexibility index (Phi) is 3.13. The fourth-order valence-electron chi connectivity index (χ4n) is 2.83. The molecule has 0 aromatic heterocycles. The van der Waals surface area contributed by atoms with E-state index in [1.807, 2.05) is 0 Å². The van der Waals surface area contributed by atoms with E-state index in [1.54, 1.807) is 0 Å². The fraction of sp³-hybridized carbons (Fsp3) is 0.222. The molecule has 1 N–H and O–H groups in total. The van der Waals surface area contributed by atoms with E-state index in [0.29, 0.717) is 6.04 Å². The van der Waals surface area contributed by atoms with E-state index >= 15 is 0 Å². The van der Waals surface area contributed by atoms with Crippen LogP contribution in [0.4, 0.5) is 5.69 Å². The first-order chi connectivity index (χ1) is 10.4. The zero-order valence-electron chi connectivity index (χ0n) is 11.9. The highest BCUT2D eigenvalue weighted by Crippen LogP contribution is 2.25. The van der Waals surface area contributed by atoms with Gasteiger partial charge >= 0.3 is 0 Å². The van der Waals surface area contributed by atoms with Gasteiger partial charge in [-0.25, -0.2) is 0 Å². The van der Waals surface area contributed by atoms with Crippen molar-refractivity contribution in [1.29, 1.82) is 0 Å². The first-order valence-electron chi connectivity index (χ1n) is 7.47. The van der Waals surface area contributed by atoms with Crippen molar-refractivity contribution in [2.75, 3.05) is 24.7 Å². The van der Waals surface area contributed by atoms with Crippen molar-refractivity contribution < 1.29 is 0 Å². The molecule has 0 saturated carbocycles. The molecule has 1 saturated heterocycles. The standard InChI is InChI=1S/C18H19N3/c1-2-4-15(5-3-1)16-6-8-17(9-7-16)20-10-11-21(14-20)18-12-19-13-18/h1-11,18-19H,12-14H2. The van der Waals surface area contributed by atoms with Crippen molar-refractivity contribution >= 4 is 5.69 Å². The summed E-state index contributed by atoms with van der Waals surface area (Å²) in [6.07, 6.45) is 4.38. The minimum Gasteiger partial charge on any atom is -0.353 e. The van der Waals surface area contributed by atoms with Crippen molar-refractivity contribution in [3.05, 3.63) is 67.0 Å². The van der Waals surface area contributed by atoms with Crippen LogP contribution in [0.2, 0.25) is 0 Å². The van der Waals surface area contributed by atoms with Gasteiger partial charge in [-0.15, -0.1) is 0 Å². The predicted molar refractivity (Wildman–Crippen MR) is 86.9 cm³/mol. The van der Waals surface area contributed by atoms with Gasteiger partial charge in [-0.1, -0.05) is 42.5 Å². The number of nitrogens with one attached hydrogen (secondary N) is 1. The molecule has 0 unspecified atom stereocenters. The molecule has 3 heteroatoms. The second kappa shape index (κ2) is 5.26. The third-order valence-electron chi connectivity index (χ3n) is 4.29. The lowest BCUT2D eigenvalue weighted by atomic mass is 10.1. The summed E-state index contributed by atoms with van der Waals surface area (Å²) in [5.41, 5.74) is 3.78. The quantitative estimate of drug-likeness (QED) is 0.930. The Bertz CT molecular complexity index is 629. The molecule has 4 rings (SSSR count). The summed E-state index contributed by atoms with van der Waals surface area (Å²) in [7, 11) is 0. The van der Waals surface area contributed by atoms with Gasteiger partial charge in [0.1, 0.15) is 0 Å². The van der Waals surface area contributed by atoms with Crippen LogP contribution in [0.1, 0.15) is 0 Å². The second-order valence-electron chi connectivity index (χ2n) is 5.65. The van der Waals surface area contributed by atoms with E-state index in [0.717, 1.165) is 19.8 Å². The van der Waals surface area contributed by atoms with E-state index in [4.69, 9.17) is 0 Å². The zero-order valence-corrected chi connectivity index (χ0v) is 11.9. The monoisotopic (exact) mass is 277 g/mol. The molecule has 21 heavy (non-hydrogen) atoms. The normalized spacial score (nSPS) is 18.1. The number of benzene rings is 2. The molecule has 0 amide bonds. The summed E-state index contributed by atoms with van der Waals surface area (Å²) in [6, 6.07) is 20.0. The van der Waals surface area contributed by atoms with Gasteiger partial charge in [0, 0.05) is 31.2 Å². The number of nitrogens with zero attached hydrogens (tertiary/aromatic N) is 2. The smallest absolute Gasteiger partial charge is 0.0945 e. The summed E-state index contributed by atoms with van der Waals surface area (Å²) in [5.74, 6) is 0. The van der Waals surface area contributed by atoms with E-state index in [2.05, 4.69) is 82.1 Å². The molecule has 0 aliphatic carbocycles. The number of anilines is 1. The van der Waals surface area contributed by atoms with Crippen molar-refractivity contribution in [2.45, 2.75) is 6.04 Å².